The molecule has 0 fully saturated rings. The number of nitrogens with zero attached hydrogens (tertiary/aromatic N) is 1. The fourth-order valence-electron chi connectivity index (χ4n) is 2.61. The van der Waals surface area contributed by atoms with E-state index in [9.17, 15) is 0 Å². The molecule has 110 valence electrons. The first-order valence-electron chi connectivity index (χ1n) is 7.96. The minimum atomic E-state index is 0.664. The van der Waals surface area contributed by atoms with Gasteiger partial charge in [0.05, 0.1) is 0 Å². The third kappa shape index (κ3) is 8.10. The zero-order valence-corrected chi connectivity index (χ0v) is 13.6. The van der Waals surface area contributed by atoms with Gasteiger partial charge in [0, 0.05) is 18.6 Å². The molecule has 18 heavy (non-hydrogen) atoms. The minimum Gasteiger partial charge on any atom is -0.317 e. The van der Waals surface area contributed by atoms with Gasteiger partial charge in [0.25, 0.3) is 0 Å². The van der Waals surface area contributed by atoms with Crippen LogP contribution in [-0.2, 0) is 0 Å². The molecule has 0 heterocycles. The smallest absolute Gasteiger partial charge is 0.00901 e. The summed E-state index contributed by atoms with van der Waals surface area (Å²) in [6, 6.07) is 1.45. The molecule has 0 aromatic carbocycles. The van der Waals surface area contributed by atoms with Crippen LogP contribution in [0.1, 0.15) is 66.7 Å². The zero-order valence-electron chi connectivity index (χ0n) is 13.6. The van der Waals surface area contributed by atoms with Crippen LogP contribution < -0.4 is 5.32 Å². The average molecular weight is 256 g/mol. The monoisotopic (exact) mass is 256 g/mol. The van der Waals surface area contributed by atoms with E-state index in [1.54, 1.807) is 0 Å². The lowest BCUT2D eigenvalue weighted by Gasteiger charge is -2.32. The predicted molar refractivity (Wildman–Crippen MR) is 83.2 cm³/mol. The van der Waals surface area contributed by atoms with Gasteiger partial charge in [-0.3, -0.25) is 0 Å². The second-order valence-electron chi connectivity index (χ2n) is 6.04. The number of nitrogens with one attached hydrogen (secondary N) is 1. The van der Waals surface area contributed by atoms with Gasteiger partial charge in [-0.15, -0.1) is 0 Å². The van der Waals surface area contributed by atoms with Gasteiger partial charge in [-0.05, 0) is 52.1 Å². The van der Waals surface area contributed by atoms with Gasteiger partial charge in [0.1, 0.15) is 0 Å². The van der Waals surface area contributed by atoms with Gasteiger partial charge >= 0.3 is 0 Å². The van der Waals surface area contributed by atoms with Crippen molar-refractivity contribution in [3.05, 3.63) is 0 Å². The van der Waals surface area contributed by atoms with E-state index in [1.807, 2.05) is 0 Å². The molecule has 0 aliphatic heterocycles. The summed E-state index contributed by atoms with van der Waals surface area (Å²) in [5, 5.41) is 3.32. The first-order chi connectivity index (χ1) is 8.54. The summed E-state index contributed by atoms with van der Waals surface area (Å²) in [7, 11) is 2.06. The van der Waals surface area contributed by atoms with E-state index in [-0.39, 0.29) is 0 Å². The molecule has 1 N–H and O–H groups in total. The van der Waals surface area contributed by atoms with Crippen LogP contribution in [0.5, 0.6) is 0 Å². The molecular formula is C16H36N2. The predicted octanol–water partition coefficient (Wildman–Crippen LogP) is 3.91. The lowest BCUT2D eigenvalue weighted by molar-refractivity contribution is 0.162. The molecule has 0 rings (SSSR count). The summed E-state index contributed by atoms with van der Waals surface area (Å²) in [5.74, 6) is 0.779. The zero-order chi connectivity index (χ0) is 14.0. The highest BCUT2D eigenvalue weighted by Gasteiger charge is 2.15. The van der Waals surface area contributed by atoms with Crippen molar-refractivity contribution in [2.45, 2.75) is 78.8 Å². The molecule has 2 heteroatoms. The van der Waals surface area contributed by atoms with Crippen molar-refractivity contribution in [1.29, 1.82) is 0 Å². The van der Waals surface area contributed by atoms with Crippen molar-refractivity contribution in [3.63, 3.8) is 0 Å². The van der Waals surface area contributed by atoms with Crippen LogP contribution in [0, 0.1) is 5.92 Å². The summed E-state index contributed by atoms with van der Waals surface area (Å²) >= 11 is 0. The molecule has 0 radical (unpaired) electrons. The van der Waals surface area contributed by atoms with E-state index in [0.717, 1.165) is 12.0 Å². The third-order valence-electron chi connectivity index (χ3n) is 3.88. The molecule has 1 atom stereocenters. The molecule has 1 unspecified atom stereocenters. The van der Waals surface area contributed by atoms with Crippen molar-refractivity contribution in [2.24, 2.45) is 5.92 Å². The Labute approximate surface area is 116 Å². The number of unbranched alkanes of at least 4 members (excludes halogenated alkanes) is 1. The fourth-order valence-corrected chi connectivity index (χ4v) is 2.61. The Morgan fingerprint density at radius 2 is 1.61 bits per heavy atom. The Kier molecular flexibility index (Phi) is 10.8. The standard InChI is InChI=1S/C16H36N2/c1-7-16(8-2)18(13-14(3)4)12-10-9-11-15(5)17-6/h14-17H,7-13H2,1-6H3. The Morgan fingerprint density at radius 3 is 2.06 bits per heavy atom. The van der Waals surface area contributed by atoms with Crippen LogP contribution in [0.25, 0.3) is 0 Å². The van der Waals surface area contributed by atoms with E-state index < -0.39 is 0 Å². The topological polar surface area (TPSA) is 15.3 Å². The van der Waals surface area contributed by atoms with E-state index in [4.69, 9.17) is 0 Å². The van der Waals surface area contributed by atoms with Crippen molar-refractivity contribution in [3.8, 4) is 0 Å². The molecule has 0 spiro atoms. The van der Waals surface area contributed by atoms with Crippen molar-refractivity contribution >= 4 is 0 Å². The SMILES string of the molecule is CCC(CC)N(CCCCC(C)NC)CC(C)C. The van der Waals surface area contributed by atoms with Crippen molar-refractivity contribution in [2.75, 3.05) is 20.1 Å². The summed E-state index contributed by atoms with van der Waals surface area (Å²) in [6.07, 6.45) is 6.56. The molecule has 0 aliphatic carbocycles. The average Bonchev–Trinajstić information content (AvgIpc) is 2.34. The van der Waals surface area contributed by atoms with E-state index >= 15 is 0 Å². The molecule has 0 bridgehead atoms. The highest BCUT2D eigenvalue weighted by atomic mass is 15.1. The van der Waals surface area contributed by atoms with Crippen LogP contribution in [0.15, 0.2) is 0 Å². The fraction of sp³-hybridized carbons (Fsp3) is 1.00. The summed E-state index contributed by atoms with van der Waals surface area (Å²) in [4.78, 5) is 2.72. The lowest BCUT2D eigenvalue weighted by atomic mass is 10.1. The maximum Gasteiger partial charge on any atom is 0.00901 e. The Morgan fingerprint density at radius 1 is 1.00 bits per heavy atom. The maximum absolute atomic E-state index is 3.32. The normalized spacial score (nSPS) is 13.8. The van der Waals surface area contributed by atoms with Crippen molar-refractivity contribution in [1.82, 2.24) is 10.2 Å². The molecule has 0 amide bonds. The maximum atomic E-state index is 3.32. The van der Waals surface area contributed by atoms with Gasteiger partial charge < -0.3 is 10.2 Å². The second-order valence-corrected chi connectivity index (χ2v) is 6.04. The lowest BCUT2D eigenvalue weighted by Crippen LogP contribution is -2.38. The molecule has 0 aliphatic rings. The molecule has 0 saturated heterocycles. The van der Waals surface area contributed by atoms with Gasteiger partial charge in [-0.2, -0.15) is 0 Å². The summed E-state index contributed by atoms with van der Waals surface area (Å²) < 4.78 is 0. The highest BCUT2D eigenvalue weighted by molar-refractivity contribution is 4.71. The summed E-state index contributed by atoms with van der Waals surface area (Å²) in [6.45, 7) is 14.1. The van der Waals surface area contributed by atoms with E-state index in [0.29, 0.717) is 6.04 Å². The van der Waals surface area contributed by atoms with Gasteiger partial charge in [0.15, 0.2) is 0 Å². The first-order valence-corrected chi connectivity index (χ1v) is 7.96. The molecule has 0 aromatic rings. The largest absolute Gasteiger partial charge is 0.317 e. The van der Waals surface area contributed by atoms with Crippen LogP contribution in [0.3, 0.4) is 0 Å². The third-order valence-corrected chi connectivity index (χ3v) is 3.88. The van der Waals surface area contributed by atoms with Gasteiger partial charge in [-0.25, -0.2) is 0 Å². The highest BCUT2D eigenvalue weighted by Crippen LogP contribution is 2.13. The Bertz CT molecular complexity index is 176. The second kappa shape index (κ2) is 10.8. The first kappa shape index (κ1) is 17.9. The quantitative estimate of drug-likeness (QED) is 0.564. The number of hydrogen-bond donors (Lipinski definition) is 1. The number of hydrogen-bond acceptors (Lipinski definition) is 2. The summed E-state index contributed by atoms with van der Waals surface area (Å²) in [5.41, 5.74) is 0. The van der Waals surface area contributed by atoms with Crippen LogP contribution in [0.2, 0.25) is 0 Å². The van der Waals surface area contributed by atoms with Crippen LogP contribution in [0.4, 0.5) is 0 Å². The number of rotatable bonds is 11. The van der Waals surface area contributed by atoms with Gasteiger partial charge in [-0.1, -0.05) is 34.1 Å². The van der Waals surface area contributed by atoms with Crippen LogP contribution in [-0.4, -0.2) is 37.1 Å². The van der Waals surface area contributed by atoms with Crippen molar-refractivity contribution < 1.29 is 0 Å². The Hall–Kier alpha value is -0.0800. The van der Waals surface area contributed by atoms with Crippen LogP contribution >= 0.6 is 0 Å². The van der Waals surface area contributed by atoms with E-state index in [1.165, 1.54) is 45.2 Å². The molecule has 0 aromatic heterocycles. The molecular weight excluding hydrogens is 220 g/mol. The van der Waals surface area contributed by atoms with E-state index in [2.05, 4.69) is 51.9 Å². The van der Waals surface area contributed by atoms with Gasteiger partial charge in [0.2, 0.25) is 0 Å². The Balaban J connectivity index is 4.00. The minimum absolute atomic E-state index is 0.664. The molecule has 0 saturated carbocycles. The molecule has 2 nitrogen and oxygen atoms in total.